The number of hydrogen-bond acceptors (Lipinski definition) is 1. The molecule has 0 saturated heterocycles. The van der Waals surface area contributed by atoms with Crippen molar-refractivity contribution in [2.75, 3.05) is 13.2 Å². The van der Waals surface area contributed by atoms with Gasteiger partial charge in [-0.3, -0.25) is 0 Å². The van der Waals surface area contributed by atoms with Crippen LogP contribution in [0.1, 0.15) is 33.4 Å². The zero-order valence-electron chi connectivity index (χ0n) is 19.0. The minimum atomic E-state index is -0.285. The van der Waals surface area contributed by atoms with E-state index in [1.54, 1.807) is 0 Å². The Bertz CT molecular complexity index is 1250. The highest BCUT2D eigenvalue weighted by molar-refractivity contribution is 5.87. The molecule has 34 heavy (non-hydrogen) atoms. The van der Waals surface area contributed by atoms with Gasteiger partial charge < -0.3 is 4.74 Å². The van der Waals surface area contributed by atoms with Gasteiger partial charge in [0.15, 0.2) is 0 Å². The van der Waals surface area contributed by atoms with Crippen molar-refractivity contribution in [3.63, 3.8) is 0 Å². The average Bonchev–Trinajstić information content (AvgIpc) is 2.90. The van der Waals surface area contributed by atoms with E-state index in [1.165, 1.54) is 0 Å². The van der Waals surface area contributed by atoms with Crippen LogP contribution in [-0.4, -0.2) is 13.2 Å². The van der Waals surface area contributed by atoms with Gasteiger partial charge in [0.2, 0.25) is 0 Å². The quantitative estimate of drug-likeness (QED) is 0.241. The molecule has 0 heterocycles. The molecule has 1 radical (unpaired) electrons. The van der Waals surface area contributed by atoms with Crippen LogP contribution in [0.5, 0.6) is 5.75 Å². The molecule has 0 bridgehead atoms. The van der Waals surface area contributed by atoms with Gasteiger partial charge in [0, 0.05) is 5.56 Å². The van der Waals surface area contributed by atoms with Crippen LogP contribution in [0.15, 0.2) is 103 Å². The molecular weight excluding hydrogens is 416 g/mol. The highest BCUT2D eigenvalue weighted by Crippen LogP contribution is 2.31. The summed E-state index contributed by atoms with van der Waals surface area (Å²) in [6.45, 7) is -0.153. The van der Waals surface area contributed by atoms with Crippen LogP contribution < -0.4 is 4.74 Å². The molecule has 0 N–H and O–H groups in total. The summed E-state index contributed by atoms with van der Waals surface area (Å²) in [5.74, 6) is 0.701. The third-order valence-corrected chi connectivity index (χ3v) is 5.36. The number of rotatable bonds is 9. The van der Waals surface area contributed by atoms with Gasteiger partial charge in [0.1, 0.15) is 19.0 Å². The fourth-order valence-electron chi connectivity index (χ4n) is 3.65. The maximum atomic E-state index is 11.1. The summed E-state index contributed by atoms with van der Waals surface area (Å²) in [5, 5.41) is 11.1. The smallest absolute Gasteiger partial charge is 0.127 e. The van der Waals surface area contributed by atoms with Gasteiger partial charge in [-0.1, -0.05) is 134 Å². The summed E-state index contributed by atoms with van der Waals surface area (Å²) >= 11 is 0. The molecule has 0 aliphatic carbocycles. The lowest BCUT2D eigenvalue weighted by molar-refractivity contribution is 0.138. The minimum absolute atomic E-state index is 0.132. The molecule has 167 valence electrons. The Morgan fingerprint density at radius 3 is 1.47 bits per heavy atom. The van der Waals surface area contributed by atoms with E-state index in [1.807, 2.05) is 66.7 Å². The highest BCUT2D eigenvalue weighted by Gasteiger charge is 2.10. The van der Waals surface area contributed by atoms with E-state index in [4.69, 9.17) is 4.74 Å². The van der Waals surface area contributed by atoms with Gasteiger partial charge in [-0.25, -0.2) is 5.11 Å². The van der Waals surface area contributed by atoms with Crippen LogP contribution in [0.4, 0.5) is 0 Å². The lowest BCUT2D eigenvalue weighted by atomic mass is 9.96. The molecule has 2 nitrogen and oxygen atoms in total. The van der Waals surface area contributed by atoms with E-state index in [2.05, 4.69) is 72.9 Å². The molecule has 4 rings (SSSR count). The Labute approximate surface area is 201 Å². The maximum absolute atomic E-state index is 11.1. The second-order valence-electron chi connectivity index (χ2n) is 7.76. The third-order valence-electron chi connectivity index (χ3n) is 5.36. The number of ether oxygens (including phenoxy) is 1. The van der Waals surface area contributed by atoms with Crippen LogP contribution in [0.25, 0.3) is 36.5 Å². The van der Waals surface area contributed by atoms with E-state index >= 15 is 0 Å². The predicted octanol–water partition coefficient (Wildman–Crippen LogP) is 8.01. The minimum Gasteiger partial charge on any atom is -0.490 e. The van der Waals surface area contributed by atoms with Crippen LogP contribution in [0.2, 0.25) is 0 Å². The topological polar surface area (TPSA) is 29.1 Å². The fourth-order valence-corrected chi connectivity index (χ4v) is 3.65. The van der Waals surface area contributed by atoms with Gasteiger partial charge in [-0.15, -0.1) is 0 Å². The van der Waals surface area contributed by atoms with Gasteiger partial charge in [-0.05, 0) is 33.9 Å². The van der Waals surface area contributed by atoms with Crippen molar-refractivity contribution in [2.45, 2.75) is 0 Å². The molecule has 4 aromatic rings. The summed E-state index contributed by atoms with van der Waals surface area (Å²) in [5.41, 5.74) is 6.39. The third kappa shape index (κ3) is 6.44. The summed E-state index contributed by atoms with van der Waals surface area (Å²) in [6, 6.07) is 34.6. The molecule has 0 unspecified atom stereocenters. The van der Waals surface area contributed by atoms with Gasteiger partial charge >= 0.3 is 0 Å². The highest BCUT2D eigenvalue weighted by atomic mass is 16.5. The average molecular weight is 444 g/mol. The van der Waals surface area contributed by atoms with Crippen molar-refractivity contribution in [2.24, 2.45) is 0 Å². The Balaban J connectivity index is 1.82. The van der Waals surface area contributed by atoms with Gasteiger partial charge in [-0.2, -0.15) is 0 Å². The van der Waals surface area contributed by atoms with Crippen molar-refractivity contribution in [1.29, 1.82) is 0 Å². The molecule has 0 spiro atoms. The Morgan fingerprint density at radius 1 is 0.500 bits per heavy atom. The van der Waals surface area contributed by atoms with E-state index in [0.29, 0.717) is 5.75 Å². The lowest BCUT2D eigenvalue weighted by Gasteiger charge is -2.14. The molecule has 0 atom stereocenters. The predicted molar refractivity (Wildman–Crippen MR) is 144 cm³/mol. The fraction of sp³-hybridized carbons (Fsp3) is 0.0625. The van der Waals surface area contributed by atoms with Crippen molar-refractivity contribution in [3.8, 4) is 5.75 Å². The Morgan fingerprint density at radius 2 is 0.971 bits per heavy atom. The first kappa shape index (κ1) is 23.0. The Hall–Kier alpha value is -4.14. The number of benzene rings is 4. The SMILES string of the molecule is [O]CCOc1ccc(C=Cc2ccccc2)c(C=Cc2ccccc2)c1C=Cc1ccccc1. The first-order valence-electron chi connectivity index (χ1n) is 11.4. The molecule has 4 aromatic carbocycles. The van der Waals surface area contributed by atoms with Gasteiger partial charge in [0.25, 0.3) is 0 Å². The largest absolute Gasteiger partial charge is 0.490 e. The lowest BCUT2D eigenvalue weighted by Crippen LogP contribution is -2.03. The second-order valence-corrected chi connectivity index (χ2v) is 7.76. The van der Waals surface area contributed by atoms with Crippen LogP contribution in [0, 0.1) is 0 Å². The first-order valence-corrected chi connectivity index (χ1v) is 11.4. The Kier molecular flexibility index (Phi) is 8.26. The molecule has 0 saturated carbocycles. The summed E-state index contributed by atoms with van der Waals surface area (Å²) < 4.78 is 5.86. The van der Waals surface area contributed by atoms with Gasteiger partial charge in [0.05, 0.1) is 0 Å². The standard InChI is InChI=1S/C32H27O2/c33-24-25-34-32-23-20-29(19-16-26-10-4-1-5-11-26)30(21-17-27-12-6-2-7-13-27)31(32)22-18-28-14-8-3-9-15-28/h1-23H,24-25H2. The molecule has 0 amide bonds. The molecular formula is C32H27O2. The molecule has 0 aliphatic heterocycles. The maximum Gasteiger partial charge on any atom is 0.127 e. The summed E-state index contributed by atoms with van der Waals surface area (Å²) in [4.78, 5) is 0. The normalized spacial score (nSPS) is 11.6. The zero-order valence-corrected chi connectivity index (χ0v) is 19.0. The molecule has 0 aliphatic rings. The summed E-state index contributed by atoms with van der Waals surface area (Å²) in [6.07, 6.45) is 12.6. The van der Waals surface area contributed by atoms with Crippen LogP contribution >= 0.6 is 0 Å². The van der Waals surface area contributed by atoms with E-state index in [0.717, 1.165) is 33.4 Å². The van der Waals surface area contributed by atoms with Crippen molar-refractivity contribution in [1.82, 2.24) is 0 Å². The van der Waals surface area contributed by atoms with Crippen molar-refractivity contribution in [3.05, 3.63) is 137 Å². The number of hydrogen-bond donors (Lipinski definition) is 0. The summed E-state index contributed by atoms with van der Waals surface area (Å²) in [7, 11) is 0. The van der Waals surface area contributed by atoms with Crippen molar-refractivity contribution >= 4 is 36.5 Å². The molecule has 0 fully saturated rings. The second kappa shape index (κ2) is 12.2. The van der Waals surface area contributed by atoms with Crippen LogP contribution in [0.3, 0.4) is 0 Å². The van der Waals surface area contributed by atoms with E-state index < -0.39 is 0 Å². The van der Waals surface area contributed by atoms with Crippen molar-refractivity contribution < 1.29 is 9.84 Å². The van der Waals surface area contributed by atoms with E-state index in [-0.39, 0.29) is 13.2 Å². The first-order chi connectivity index (χ1) is 16.8. The molecule has 2 heteroatoms. The van der Waals surface area contributed by atoms with E-state index in [9.17, 15) is 5.11 Å². The zero-order chi connectivity index (χ0) is 23.4. The van der Waals surface area contributed by atoms with Crippen LogP contribution in [-0.2, 0) is 5.11 Å². The monoisotopic (exact) mass is 443 g/mol. The molecule has 0 aromatic heterocycles.